The van der Waals surface area contributed by atoms with Gasteiger partial charge < -0.3 is 4.84 Å². The van der Waals surface area contributed by atoms with Gasteiger partial charge in [-0.3, -0.25) is 4.90 Å². The van der Waals surface area contributed by atoms with Gasteiger partial charge in [-0.25, -0.2) is 0 Å². The molecular formula is C29H37F3N2O. The van der Waals surface area contributed by atoms with Gasteiger partial charge in [0.25, 0.3) is 0 Å². The van der Waals surface area contributed by atoms with E-state index < -0.39 is 116 Å². The van der Waals surface area contributed by atoms with E-state index in [0.29, 0.717) is 19.4 Å². The van der Waals surface area contributed by atoms with Crippen LogP contribution in [0.5, 0.6) is 0 Å². The lowest BCUT2D eigenvalue weighted by Gasteiger charge is -2.31. The van der Waals surface area contributed by atoms with E-state index in [1.807, 2.05) is 0 Å². The number of halogens is 3. The molecule has 0 radical (unpaired) electrons. The Labute approximate surface area is 235 Å². The summed E-state index contributed by atoms with van der Waals surface area (Å²) in [5, 5.41) is 3.55. The lowest BCUT2D eigenvalue weighted by molar-refractivity contribution is -0.138. The summed E-state index contributed by atoms with van der Waals surface area (Å²) < 4.78 is 209. The van der Waals surface area contributed by atoms with Crippen LogP contribution >= 0.6 is 0 Å². The Balaban J connectivity index is 1.82. The molecule has 1 saturated heterocycles. The normalized spacial score (nSPS) is 41.5. The number of alkyl halides is 3. The summed E-state index contributed by atoms with van der Waals surface area (Å²) in [4.78, 5) is 6.43. The van der Waals surface area contributed by atoms with Crippen LogP contribution in [-0.2, 0) is 30.5 Å². The fraction of sp³-hybridized carbons (Fsp3) is 0.552. The smallest absolute Gasteiger partial charge is 0.391 e. The molecule has 0 unspecified atom stereocenters. The molecule has 3 nitrogen and oxygen atoms in total. The highest BCUT2D eigenvalue weighted by molar-refractivity contribution is 5.98. The van der Waals surface area contributed by atoms with E-state index in [-0.39, 0.29) is 19.2 Å². The van der Waals surface area contributed by atoms with Crippen molar-refractivity contribution in [1.29, 1.82) is 0 Å². The minimum Gasteiger partial charge on any atom is -0.391 e. The summed E-state index contributed by atoms with van der Waals surface area (Å²) in [6, 6.07) is 4.34. The molecule has 0 spiro atoms. The van der Waals surface area contributed by atoms with Crippen LogP contribution in [0.25, 0.3) is 0 Å². The van der Waals surface area contributed by atoms with E-state index in [4.69, 9.17) is 32.3 Å². The number of hydrogen-bond acceptors (Lipinski definition) is 3. The Hall–Kier alpha value is -2.34. The number of rotatable bonds is 8. The van der Waals surface area contributed by atoms with Gasteiger partial charge in [-0.2, -0.15) is 13.2 Å². The Kier molecular flexibility index (Phi) is 3.37. The van der Waals surface area contributed by atoms with E-state index in [1.54, 1.807) is 0 Å². The predicted molar refractivity (Wildman–Crippen MR) is 135 cm³/mol. The highest BCUT2D eigenvalue weighted by Gasteiger charge is 2.36. The van der Waals surface area contributed by atoms with E-state index >= 15 is 0 Å². The molecule has 6 heteroatoms. The molecule has 1 aliphatic carbocycles. The highest BCUT2D eigenvalue weighted by atomic mass is 19.4. The third kappa shape index (κ3) is 6.46. The maximum absolute atomic E-state index is 14.6. The first kappa shape index (κ1) is 10.6. The summed E-state index contributed by atoms with van der Waals surface area (Å²) in [5.41, 5.74) is -6.34. The van der Waals surface area contributed by atoms with Gasteiger partial charge in [0.1, 0.15) is 6.61 Å². The number of likely N-dealkylation sites (tertiary alicyclic amines) is 1. The minimum atomic E-state index is -5.50. The summed E-state index contributed by atoms with van der Waals surface area (Å²) >= 11 is 0. The molecule has 0 bridgehead atoms. The lowest BCUT2D eigenvalue weighted by Crippen LogP contribution is -2.36. The van der Waals surface area contributed by atoms with Crippen LogP contribution in [-0.4, -0.2) is 23.7 Å². The monoisotopic (exact) mass is 506 g/mol. The van der Waals surface area contributed by atoms with Crippen molar-refractivity contribution in [3.63, 3.8) is 0 Å². The number of hydrogen-bond donors (Lipinski definition) is 0. The standard InChI is InChI=1S/C29H37F3N2O/c1-4-23-17-25(11-12-26(23)18-34-14-5-15-34)21(3)33-35-19-22-8-13-27(28(16-22)29(30,31)32)24-9-6-20(2)7-10-24/h8,11-13,16-17,20,24H,4-7,9-10,14-15,18-19H2,1-3H3/b33-21+/i1D3,3D3,4D2,6D2,7D2,9D2,10D2,18D2,20D,24D. The molecule has 2 fully saturated rings. The number of aryl methyl sites for hydroxylation is 1. The molecule has 4 rings (SSSR count). The van der Waals surface area contributed by atoms with E-state index in [2.05, 4.69) is 5.16 Å². The molecule has 0 atom stereocenters. The molecule has 1 saturated carbocycles. The average molecular weight is 507 g/mol. The second-order valence-corrected chi connectivity index (χ2v) is 7.93. The Morgan fingerprint density at radius 2 is 1.97 bits per heavy atom. The Morgan fingerprint density at radius 3 is 2.63 bits per heavy atom. The first-order chi connectivity index (χ1) is 24.4. The number of benzene rings is 2. The van der Waals surface area contributed by atoms with Gasteiger partial charge in [0.15, 0.2) is 0 Å². The molecule has 2 aromatic rings. The van der Waals surface area contributed by atoms with Crippen molar-refractivity contribution < 1.29 is 45.4 Å². The molecule has 1 aliphatic heterocycles. The van der Waals surface area contributed by atoms with Crippen LogP contribution in [0.4, 0.5) is 13.2 Å². The van der Waals surface area contributed by atoms with Crippen LogP contribution < -0.4 is 0 Å². The largest absolute Gasteiger partial charge is 0.416 e. The van der Waals surface area contributed by atoms with Crippen molar-refractivity contribution in [3.05, 3.63) is 69.8 Å². The SMILES string of the molecule is [2H]C([2H])([2H])/C(=N\OCc1ccc(C2([2H])C([2H])([2H])C([2H])([2H])C([2H])(C)C([2H])([2H])C2([2H])[2H])c(C(F)(F)F)c1)c1ccc(C([2H])([2H])N2CCC2)c(C([2H])([2H])C([2H])([2H])[2H])c1. The van der Waals surface area contributed by atoms with Crippen LogP contribution in [0, 0.1) is 5.89 Å². The van der Waals surface area contributed by atoms with Crippen LogP contribution in [0.3, 0.4) is 0 Å². The second kappa shape index (κ2) is 11.2. The van der Waals surface area contributed by atoms with Crippen LogP contribution in [0.2, 0.25) is 0 Å². The molecule has 35 heavy (non-hydrogen) atoms. The molecule has 2 aromatic carbocycles. The molecule has 1 heterocycles. The first-order valence-electron chi connectivity index (χ1n) is 20.7. The van der Waals surface area contributed by atoms with Crippen molar-refractivity contribution in [2.24, 2.45) is 11.0 Å². The zero-order chi connectivity index (χ0) is 42.6. The predicted octanol–water partition coefficient (Wildman–Crippen LogP) is 7.71. The van der Waals surface area contributed by atoms with Crippen molar-refractivity contribution in [2.45, 2.75) is 84.1 Å². The van der Waals surface area contributed by atoms with Crippen LogP contribution in [0.1, 0.15) is 119 Å². The molecule has 0 amide bonds. The fourth-order valence-electron chi connectivity index (χ4n) is 3.36. The lowest BCUT2D eigenvalue weighted by atomic mass is 9.78. The fourth-order valence-corrected chi connectivity index (χ4v) is 3.36. The van der Waals surface area contributed by atoms with Crippen molar-refractivity contribution in [3.8, 4) is 0 Å². The summed E-state index contributed by atoms with van der Waals surface area (Å²) in [6.07, 6.45) is -23.5. The third-order valence-corrected chi connectivity index (χ3v) is 5.36. The molecule has 0 N–H and O–H groups in total. The molecular weight excluding hydrogens is 449 g/mol. The Morgan fingerprint density at radius 1 is 1.17 bits per heavy atom. The van der Waals surface area contributed by atoms with Crippen molar-refractivity contribution in [2.75, 3.05) is 13.1 Å². The van der Waals surface area contributed by atoms with E-state index in [1.165, 1.54) is 4.90 Å². The first-order valence-corrected chi connectivity index (χ1v) is 10.7. The van der Waals surface area contributed by atoms with Crippen LogP contribution in [0.15, 0.2) is 41.6 Å². The minimum absolute atomic E-state index is 0.274. The summed E-state index contributed by atoms with van der Waals surface area (Å²) in [5.74, 6) is -7.20. The van der Waals surface area contributed by atoms with Gasteiger partial charge >= 0.3 is 6.18 Å². The third-order valence-electron chi connectivity index (χ3n) is 5.36. The van der Waals surface area contributed by atoms with Gasteiger partial charge in [0, 0.05) is 33.9 Å². The van der Waals surface area contributed by atoms with E-state index in [9.17, 15) is 13.2 Å². The number of nitrogens with zero attached hydrogens (tertiary/aromatic N) is 2. The topological polar surface area (TPSA) is 24.8 Å². The van der Waals surface area contributed by atoms with Crippen molar-refractivity contribution >= 4 is 5.71 Å². The van der Waals surface area contributed by atoms with Gasteiger partial charge in [0.2, 0.25) is 0 Å². The quantitative estimate of drug-likeness (QED) is 0.271. The van der Waals surface area contributed by atoms with Gasteiger partial charge in [-0.15, -0.1) is 0 Å². The summed E-state index contributed by atoms with van der Waals surface area (Å²) in [6.45, 7) is -8.80. The zero-order valence-corrected chi connectivity index (χ0v) is 18.7. The van der Waals surface area contributed by atoms with E-state index in [0.717, 1.165) is 24.3 Å². The highest BCUT2D eigenvalue weighted by Crippen LogP contribution is 2.42. The van der Waals surface area contributed by atoms with Gasteiger partial charge in [-0.05, 0) is 97.2 Å². The van der Waals surface area contributed by atoms with Gasteiger partial charge in [0.05, 0.1) is 11.3 Å². The molecule has 190 valence electrons. The molecule has 0 aromatic heterocycles. The Bertz CT molecular complexity index is 1800. The number of oxime groups is 1. The zero-order valence-electron chi connectivity index (χ0n) is 38.7. The summed E-state index contributed by atoms with van der Waals surface area (Å²) in [7, 11) is 0. The second-order valence-electron chi connectivity index (χ2n) is 7.93. The maximum atomic E-state index is 14.6. The maximum Gasteiger partial charge on any atom is 0.416 e. The average Bonchev–Trinajstić information content (AvgIpc) is 2.98. The van der Waals surface area contributed by atoms with Gasteiger partial charge in [-0.1, -0.05) is 55.9 Å². The molecule has 2 aliphatic rings. The van der Waals surface area contributed by atoms with Crippen molar-refractivity contribution in [1.82, 2.24) is 4.90 Å².